The van der Waals surface area contributed by atoms with E-state index in [9.17, 15) is 0 Å². The van der Waals surface area contributed by atoms with Gasteiger partial charge in [0.25, 0.3) is 0 Å². The van der Waals surface area contributed by atoms with Crippen molar-refractivity contribution in [1.82, 2.24) is 9.80 Å². The van der Waals surface area contributed by atoms with E-state index in [0.29, 0.717) is 0 Å². The summed E-state index contributed by atoms with van der Waals surface area (Å²) < 4.78 is 9.97. The quantitative estimate of drug-likeness (QED) is 0.508. The number of ether oxygens (including phenoxy) is 2. The molecule has 72 valence electrons. The molecule has 0 N–H and O–H groups in total. The van der Waals surface area contributed by atoms with Crippen molar-refractivity contribution in [3.63, 3.8) is 0 Å². The van der Waals surface area contributed by atoms with Crippen LogP contribution in [0.15, 0.2) is 0 Å². The second-order valence-corrected chi connectivity index (χ2v) is 3.23. The molecule has 4 heteroatoms. The van der Waals surface area contributed by atoms with Crippen LogP contribution in [0.3, 0.4) is 0 Å². The summed E-state index contributed by atoms with van der Waals surface area (Å²) in [7, 11) is 4.10. The van der Waals surface area contributed by atoms with Gasteiger partial charge in [0.2, 0.25) is 0 Å². The third-order valence-corrected chi connectivity index (χ3v) is 1.86. The molecule has 0 saturated carbocycles. The standard InChI is InChI=1S/2C4H9NO/c2*1-5-2-3-6-4-5/h2*2-4H2,1H3. The van der Waals surface area contributed by atoms with Crippen LogP contribution in [0, 0.1) is 0 Å². The summed E-state index contributed by atoms with van der Waals surface area (Å²) >= 11 is 0. The summed E-state index contributed by atoms with van der Waals surface area (Å²) in [6, 6.07) is 0. The molecule has 0 amide bonds. The Morgan fingerprint density at radius 3 is 1.33 bits per heavy atom. The molecule has 2 heterocycles. The number of rotatable bonds is 0. The Bertz CT molecular complexity index is 95.6. The molecule has 0 aromatic rings. The predicted octanol–water partition coefficient (Wildman–Crippen LogP) is -0.188. The first-order valence-electron chi connectivity index (χ1n) is 4.31. The maximum Gasteiger partial charge on any atom is 0.0989 e. The molecule has 12 heavy (non-hydrogen) atoms. The monoisotopic (exact) mass is 174 g/mol. The predicted molar refractivity (Wildman–Crippen MR) is 46.9 cm³/mol. The summed E-state index contributed by atoms with van der Waals surface area (Å²) in [4.78, 5) is 4.28. The molecule has 2 aliphatic rings. The van der Waals surface area contributed by atoms with Crippen LogP contribution in [0.5, 0.6) is 0 Å². The molecule has 0 aromatic carbocycles. The highest BCUT2D eigenvalue weighted by Gasteiger charge is 2.03. The van der Waals surface area contributed by atoms with Crippen molar-refractivity contribution in [1.29, 1.82) is 0 Å². The van der Waals surface area contributed by atoms with E-state index in [0.717, 1.165) is 39.8 Å². The smallest absolute Gasteiger partial charge is 0.0989 e. The van der Waals surface area contributed by atoms with Crippen LogP contribution >= 0.6 is 0 Å². The maximum absolute atomic E-state index is 4.98. The largest absolute Gasteiger partial charge is 0.365 e. The Hall–Kier alpha value is -0.160. The molecular formula is C8H18N2O2. The molecule has 2 saturated heterocycles. The highest BCUT2D eigenvalue weighted by Crippen LogP contribution is 1.91. The molecule has 0 radical (unpaired) electrons. The van der Waals surface area contributed by atoms with E-state index >= 15 is 0 Å². The number of likely N-dealkylation sites (N-methyl/N-ethyl adjacent to an activating group) is 2. The normalized spacial score (nSPS) is 25.5. The van der Waals surface area contributed by atoms with Gasteiger partial charge in [-0.2, -0.15) is 0 Å². The molecule has 0 aromatic heterocycles. The first-order valence-corrected chi connectivity index (χ1v) is 4.31. The Morgan fingerprint density at radius 2 is 1.25 bits per heavy atom. The van der Waals surface area contributed by atoms with Gasteiger partial charge in [-0.25, -0.2) is 0 Å². The van der Waals surface area contributed by atoms with E-state index < -0.39 is 0 Å². The summed E-state index contributed by atoms with van der Waals surface area (Å²) in [6.45, 7) is 5.66. The Labute approximate surface area is 74.0 Å². The highest BCUT2D eigenvalue weighted by molar-refractivity contribution is 4.49. The van der Waals surface area contributed by atoms with Crippen molar-refractivity contribution in [3.05, 3.63) is 0 Å². The minimum atomic E-state index is 0.819. The van der Waals surface area contributed by atoms with Crippen LogP contribution in [-0.2, 0) is 9.47 Å². The lowest BCUT2D eigenvalue weighted by Crippen LogP contribution is -2.11. The van der Waals surface area contributed by atoms with Crippen LogP contribution in [0.2, 0.25) is 0 Å². The molecule has 0 bridgehead atoms. The fraction of sp³-hybridized carbons (Fsp3) is 1.00. The molecule has 0 unspecified atom stereocenters. The third kappa shape index (κ3) is 4.01. The second-order valence-electron chi connectivity index (χ2n) is 3.23. The van der Waals surface area contributed by atoms with Gasteiger partial charge in [0.05, 0.1) is 26.7 Å². The van der Waals surface area contributed by atoms with Gasteiger partial charge in [0.15, 0.2) is 0 Å². The third-order valence-electron chi connectivity index (χ3n) is 1.86. The van der Waals surface area contributed by atoms with Gasteiger partial charge in [0.1, 0.15) is 0 Å². The minimum absolute atomic E-state index is 0.819. The van der Waals surface area contributed by atoms with Gasteiger partial charge in [-0.3, -0.25) is 9.80 Å². The SMILES string of the molecule is CN1CCOC1.CN1CCOC1. The lowest BCUT2D eigenvalue weighted by atomic mass is 10.7. The number of nitrogens with zero attached hydrogens (tertiary/aromatic N) is 2. The Morgan fingerprint density at radius 1 is 0.833 bits per heavy atom. The maximum atomic E-state index is 4.98. The van der Waals surface area contributed by atoms with E-state index in [2.05, 4.69) is 9.80 Å². The van der Waals surface area contributed by atoms with E-state index in [1.165, 1.54) is 0 Å². The van der Waals surface area contributed by atoms with Crippen LogP contribution in [0.4, 0.5) is 0 Å². The van der Waals surface area contributed by atoms with Gasteiger partial charge in [-0.1, -0.05) is 0 Å². The molecule has 0 atom stereocenters. The van der Waals surface area contributed by atoms with E-state index in [-0.39, 0.29) is 0 Å². The lowest BCUT2D eigenvalue weighted by molar-refractivity contribution is 0.154. The number of hydrogen-bond acceptors (Lipinski definition) is 4. The average molecular weight is 174 g/mol. The molecular weight excluding hydrogens is 156 g/mol. The summed E-state index contributed by atoms with van der Waals surface area (Å²) in [5.41, 5.74) is 0. The summed E-state index contributed by atoms with van der Waals surface area (Å²) in [5.74, 6) is 0. The van der Waals surface area contributed by atoms with Gasteiger partial charge in [-0.15, -0.1) is 0 Å². The van der Waals surface area contributed by atoms with Gasteiger partial charge in [0, 0.05) is 13.1 Å². The fourth-order valence-corrected chi connectivity index (χ4v) is 1.01. The molecule has 2 fully saturated rings. The zero-order valence-electron chi connectivity index (χ0n) is 7.95. The van der Waals surface area contributed by atoms with Crippen molar-refractivity contribution in [3.8, 4) is 0 Å². The second kappa shape index (κ2) is 5.48. The van der Waals surface area contributed by atoms with E-state index in [1.54, 1.807) is 0 Å². The topological polar surface area (TPSA) is 24.9 Å². The first-order chi connectivity index (χ1) is 5.79. The van der Waals surface area contributed by atoms with Gasteiger partial charge >= 0.3 is 0 Å². The zero-order chi connectivity index (χ0) is 8.81. The number of hydrogen-bond donors (Lipinski definition) is 0. The molecule has 4 nitrogen and oxygen atoms in total. The van der Waals surface area contributed by atoms with Gasteiger partial charge in [-0.05, 0) is 14.1 Å². The minimum Gasteiger partial charge on any atom is -0.365 e. The zero-order valence-corrected chi connectivity index (χ0v) is 7.95. The molecule has 0 aliphatic carbocycles. The van der Waals surface area contributed by atoms with Crippen molar-refractivity contribution in [2.24, 2.45) is 0 Å². The van der Waals surface area contributed by atoms with Crippen molar-refractivity contribution >= 4 is 0 Å². The Kier molecular flexibility index (Phi) is 4.53. The highest BCUT2D eigenvalue weighted by atomic mass is 16.5. The van der Waals surface area contributed by atoms with E-state index in [4.69, 9.17) is 9.47 Å². The van der Waals surface area contributed by atoms with Crippen molar-refractivity contribution in [2.75, 3.05) is 53.9 Å². The van der Waals surface area contributed by atoms with Crippen LogP contribution in [0.25, 0.3) is 0 Å². The van der Waals surface area contributed by atoms with Crippen LogP contribution in [0.1, 0.15) is 0 Å². The van der Waals surface area contributed by atoms with Gasteiger partial charge < -0.3 is 9.47 Å². The fourth-order valence-electron chi connectivity index (χ4n) is 1.01. The lowest BCUT2D eigenvalue weighted by Gasteiger charge is -1.98. The summed E-state index contributed by atoms with van der Waals surface area (Å²) in [5, 5.41) is 0. The molecule has 0 spiro atoms. The Balaban J connectivity index is 0.000000120. The van der Waals surface area contributed by atoms with Crippen LogP contribution < -0.4 is 0 Å². The van der Waals surface area contributed by atoms with Crippen LogP contribution in [-0.4, -0.2) is 63.7 Å². The molecule has 2 aliphatic heterocycles. The van der Waals surface area contributed by atoms with Crippen molar-refractivity contribution < 1.29 is 9.47 Å². The first kappa shape index (κ1) is 9.92. The van der Waals surface area contributed by atoms with E-state index in [1.807, 2.05) is 14.1 Å². The average Bonchev–Trinajstić information content (AvgIpc) is 2.63. The van der Waals surface area contributed by atoms with Crippen molar-refractivity contribution in [2.45, 2.75) is 0 Å². The molecule has 2 rings (SSSR count). The summed E-state index contributed by atoms with van der Waals surface area (Å²) in [6.07, 6.45) is 0.